The Bertz CT molecular complexity index is 273. The van der Waals surface area contributed by atoms with Crippen molar-refractivity contribution in [3.8, 4) is 0 Å². The zero-order valence-electron chi connectivity index (χ0n) is 9.07. The lowest BCUT2D eigenvalue weighted by Gasteiger charge is -2.15. The molecule has 0 amide bonds. The Kier molecular flexibility index (Phi) is 2.97. The second-order valence-electron chi connectivity index (χ2n) is 4.52. The third-order valence-electron chi connectivity index (χ3n) is 2.26. The first kappa shape index (κ1) is 11.6. The van der Waals surface area contributed by atoms with E-state index in [0.29, 0.717) is 0 Å². The molecule has 0 aliphatic heterocycles. The van der Waals surface area contributed by atoms with Crippen LogP contribution in [-0.2, 0) is 0 Å². The summed E-state index contributed by atoms with van der Waals surface area (Å²) in [5, 5.41) is 1.47. The molecule has 0 nitrogen and oxygen atoms in total. The van der Waals surface area contributed by atoms with Crippen LogP contribution in [0.3, 0.4) is 0 Å². The standard InChI is InChI=1S/C10H16F2Si2/c1-13(2,11)9-5-7-10(8-6-9)14(3,4)12/h5-8H,1-4H3. The molecular weight excluding hydrogens is 214 g/mol. The highest BCUT2D eigenvalue weighted by Gasteiger charge is 2.26. The van der Waals surface area contributed by atoms with E-state index in [9.17, 15) is 8.22 Å². The summed E-state index contributed by atoms with van der Waals surface area (Å²) < 4.78 is 27.2. The van der Waals surface area contributed by atoms with Crippen molar-refractivity contribution in [1.29, 1.82) is 0 Å². The van der Waals surface area contributed by atoms with Crippen LogP contribution in [-0.4, -0.2) is 16.8 Å². The van der Waals surface area contributed by atoms with E-state index in [-0.39, 0.29) is 0 Å². The highest BCUT2D eigenvalue weighted by molar-refractivity contribution is 6.85. The molecule has 0 spiro atoms. The van der Waals surface area contributed by atoms with Gasteiger partial charge in [-0.05, 0) is 36.6 Å². The predicted molar refractivity (Wildman–Crippen MR) is 62.9 cm³/mol. The second-order valence-corrected chi connectivity index (χ2v) is 11.6. The van der Waals surface area contributed by atoms with Crippen molar-refractivity contribution < 1.29 is 8.22 Å². The van der Waals surface area contributed by atoms with Crippen LogP contribution in [0.4, 0.5) is 8.22 Å². The normalized spacial score (nSPS) is 13.0. The van der Waals surface area contributed by atoms with E-state index in [0.717, 1.165) is 10.4 Å². The number of benzene rings is 1. The lowest BCUT2D eigenvalue weighted by Crippen LogP contribution is -2.41. The van der Waals surface area contributed by atoms with Crippen LogP contribution < -0.4 is 10.4 Å². The number of rotatable bonds is 2. The Labute approximate surface area is 86.3 Å². The summed E-state index contributed by atoms with van der Waals surface area (Å²) in [6.45, 7) is 6.56. The van der Waals surface area contributed by atoms with Gasteiger partial charge in [-0.3, -0.25) is 0 Å². The molecule has 0 bridgehead atoms. The fraction of sp³-hybridized carbons (Fsp3) is 0.400. The smallest absolute Gasteiger partial charge is 0.271 e. The van der Waals surface area contributed by atoms with E-state index in [4.69, 9.17) is 0 Å². The molecule has 14 heavy (non-hydrogen) atoms. The Balaban J connectivity index is 3.02. The highest BCUT2D eigenvalue weighted by atomic mass is 28.4. The zero-order chi connectivity index (χ0) is 11.0. The minimum Gasteiger partial charge on any atom is -0.308 e. The molecule has 0 fully saturated rings. The molecule has 4 heteroatoms. The molecule has 0 aromatic heterocycles. The van der Waals surface area contributed by atoms with E-state index in [1.54, 1.807) is 50.5 Å². The molecule has 1 aromatic rings. The fourth-order valence-corrected chi connectivity index (χ4v) is 3.18. The Morgan fingerprint density at radius 2 is 0.929 bits per heavy atom. The van der Waals surface area contributed by atoms with Crippen LogP contribution in [0, 0.1) is 0 Å². The van der Waals surface area contributed by atoms with Gasteiger partial charge < -0.3 is 8.22 Å². The third-order valence-corrected chi connectivity index (χ3v) is 5.67. The van der Waals surface area contributed by atoms with Crippen molar-refractivity contribution in [1.82, 2.24) is 0 Å². The maximum Gasteiger partial charge on any atom is 0.271 e. The average Bonchev–Trinajstić information content (AvgIpc) is 2.01. The molecule has 0 saturated carbocycles. The van der Waals surface area contributed by atoms with Crippen LogP contribution >= 0.6 is 0 Å². The highest BCUT2D eigenvalue weighted by Crippen LogP contribution is 2.06. The predicted octanol–water partition coefficient (Wildman–Crippen LogP) is 2.45. The first-order valence-corrected chi connectivity index (χ1v) is 10.5. The monoisotopic (exact) mass is 230 g/mol. The molecule has 0 aliphatic rings. The molecule has 0 heterocycles. The van der Waals surface area contributed by atoms with Crippen molar-refractivity contribution in [2.24, 2.45) is 0 Å². The molecular formula is C10H16F2Si2. The molecule has 0 radical (unpaired) electrons. The summed E-state index contributed by atoms with van der Waals surface area (Å²) in [6.07, 6.45) is 0. The molecule has 0 N–H and O–H groups in total. The van der Waals surface area contributed by atoms with Crippen molar-refractivity contribution in [3.63, 3.8) is 0 Å². The molecule has 78 valence electrons. The largest absolute Gasteiger partial charge is 0.308 e. The third kappa shape index (κ3) is 2.75. The molecule has 0 atom stereocenters. The Morgan fingerprint density at radius 3 is 1.07 bits per heavy atom. The van der Waals surface area contributed by atoms with Crippen molar-refractivity contribution in [2.45, 2.75) is 26.2 Å². The van der Waals surface area contributed by atoms with Gasteiger partial charge in [0.05, 0.1) is 0 Å². The van der Waals surface area contributed by atoms with Gasteiger partial charge in [0.1, 0.15) is 0 Å². The summed E-state index contributed by atoms with van der Waals surface area (Å²) in [7, 11) is -5.44. The summed E-state index contributed by atoms with van der Waals surface area (Å²) in [5.41, 5.74) is 0. The van der Waals surface area contributed by atoms with Gasteiger partial charge in [0, 0.05) is 0 Å². The minimum absolute atomic E-state index is 0.736. The van der Waals surface area contributed by atoms with Gasteiger partial charge in [-0.15, -0.1) is 0 Å². The van der Waals surface area contributed by atoms with Crippen molar-refractivity contribution in [3.05, 3.63) is 24.3 Å². The molecule has 1 rings (SSSR count). The summed E-state index contributed by atoms with van der Waals surface area (Å²) in [6, 6.07) is 6.93. The average molecular weight is 230 g/mol. The molecule has 0 saturated heterocycles. The fourth-order valence-electron chi connectivity index (χ4n) is 1.26. The maximum absolute atomic E-state index is 13.6. The Morgan fingerprint density at radius 1 is 0.714 bits per heavy atom. The summed E-state index contributed by atoms with van der Waals surface area (Å²) in [4.78, 5) is 0. The number of hydrogen-bond donors (Lipinski definition) is 0. The van der Waals surface area contributed by atoms with E-state index < -0.39 is 16.8 Å². The van der Waals surface area contributed by atoms with E-state index in [1.807, 2.05) is 0 Å². The van der Waals surface area contributed by atoms with Crippen LogP contribution in [0.25, 0.3) is 0 Å². The van der Waals surface area contributed by atoms with Crippen LogP contribution in [0.15, 0.2) is 24.3 Å². The van der Waals surface area contributed by atoms with Crippen LogP contribution in [0.1, 0.15) is 0 Å². The first-order chi connectivity index (χ1) is 6.21. The van der Waals surface area contributed by atoms with Gasteiger partial charge in [0.2, 0.25) is 0 Å². The van der Waals surface area contributed by atoms with Gasteiger partial charge in [-0.1, -0.05) is 24.3 Å². The summed E-state index contributed by atoms with van der Waals surface area (Å²) in [5.74, 6) is 0. The molecule has 1 aromatic carbocycles. The van der Waals surface area contributed by atoms with Crippen LogP contribution in [0.2, 0.25) is 26.2 Å². The van der Waals surface area contributed by atoms with Crippen molar-refractivity contribution >= 4 is 27.2 Å². The van der Waals surface area contributed by atoms with Crippen LogP contribution in [0.5, 0.6) is 0 Å². The van der Waals surface area contributed by atoms with E-state index in [1.165, 1.54) is 0 Å². The topological polar surface area (TPSA) is 0 Å². The minimum atomic E-state index is -2.72. The number of hydrogen-bond acceptors (Lipinski definition) is 0. The summed E-state index contributed by atoms with van der Waals surface area (Å²) >= 11 is 0. The van der Waals surface area contributed by atoms with Gasteiger partial charge in [0.15, 0.2) is 0 Å². The van der Waals surface area contributed by atoms with Crippen molar-refractivity contribution in [2.75, 3.05) is 0 Å². The lowest BCUT2D eigenvalue weighted by molar-refractivity contribution is 0.819. The van der Waals surface area contributed by atoms with Gasteiger partial charge in [-0.25, -0.2) is 0 Å². The maximum atomic E-state index is 13.6. The quantitative estimate of drug-likeness (QED) is 0.541. The second kappa shape index (κ2) is 3.58. The van der Waals surface area contributed by atoms with E-state index >= 15 is 0 Å². The Hall–Kier alpha value is -0.486. The first-order valence-electron chi connectivity index (χ1n) is 4.70. The number of halogens is 2. The van der Waals surface area contributed by atoms with Gasteiger partial charge >= 0.3 is 0 Å². The lowest BCUT2D eigenvalue weighted by atomic mass is 10.4. The van der Waals surface area contributed by atoms with E-state index in [2.05, 4.69) is 0 Å². The molecule has 0 unspecified atom stereocenters. The SMILES string of the molecule is C[Si](C)(F)c1ccc([Si](C)(C)F)cc1. The molecule has 0 aliphatic carbocycles. The zero-order valence-corrected chi connectivity index (χ0v) is 11.1. The van der Waals surface area contributed by atoms with Gasteiger partial charge in [-0.2, -0.15) is 0 Å². The van der Waals surface area contributed by atoms with Gasteiger partial charge in [0.25, 0.3) is 16.8 Å².